The number of hydrogen-bond acceptors (Lipinski definition) is 2. The van der Waals surface area contributed by atoms with E-state index < -0.39 is 30.0 Å². The Bertz CT molecular complexity index is 704. The Kier molecular flexibility index (Phi) is 4.52. The van der Waals surface area contributed by atoms with Crippen LogP contribution >= 0.6 is 15.9 Å². The van der Waals surface area contributed by atoms with E-state index in [-0.39, 0.29) is 21.3 Å². The summed E-state index contributed by atoms with van der Waals surface area (Å²) in [4.78, 5) is 10.8. The smallest absolute Gasteiger partial charge is 0.335 e. The third kappa shape index (κ3) is 3.55. The van der Waals surface area contributed by atoms with E-state index in [2.05, 4.69) is 15.9 Å². The average Bonchev–Trinajstić information content (AvgIpc) is 2.42. The van der Waals surface area contributed by atoms with Gasteiger partial charge in [-0.05, 0) is 40.2 Å². The molecule has 2 aromatic carbocycles. The van der Waals surface area contributed by atoms with Gasteiger partial charge in [-0.2, -0.15) is 0 Å². The summed E-state index contributed by atoms with van der Waals surface area (Å²) in [5.74, 6) is -3.93. The topological polar surface area (TPSA) is 46.5 Å². The first kappa shape index (κ1) is 15.4. The lowest BCUT2D eigenvalue weighted by atomic mass is 10.2. The first-order valence-corrected chi connectivity index (χ1v) is 6.47. The maximum atomic E-state index is 13.7. The van der Waals surface area contributed by atoms with E-state index >= 15 is 0 Å². The largest absolute Gasteiger partial charge is 0.489 e. The van der Waals surface area contributed by atoms with Gasteiger partial charge in [-0.3, -0.25) is 0 Å². The Balaban J connectivity index is 2.25. The molecule has 1 N–H and O–H groups in total. The van der Waals surface area contributed by atoms with Crippen LogP contribution in [0.3, 0.4) is 0 Å². The molecule has 0 bridgehead atoms. The second kappa shape index (κ2) is 6.17. The predicted octanol–water partition coefficient (Wildman–Crippen LogP) is 4.14. The third-order valence-electron chi connectivity index (χ3n) is 2.64. The van der Waals surface area contributed by atoms with Crippen molar-refractivity contribution >= 4 is 21.9 Å². The van der Waals surface area contributed by atoms with Crippen LogP contribution in [0, 0.1) is 17.5 Å². The summed E-state index contributed by atoms with van der Waals surface area (Å²) in [6.45, 7) is -0.500. The van der Waals surface area contributed by atoms with Gasteiger partial charge in [-0.1, -0.05) is 0 Å². The number of carbonyl (C=O) groups is 1. The molecule has 0 atom stereocenters. The van der Waals surface area contributed by atoms with Crippen molar-refractivity contribution in [3.63, 3.8) is 0 Å². The highest BCUT2D eigenvalue weighted by Gasteiger charge is 2.14. The predicted molar refractivity (Wildman–Crippen MR) is 71.7 cm³/mol. The highest BCUT2D eigenvalue weighted by molar-refractivity contribution is 9.10. The molecule has 7 heteroatoms. The maximum absolute atomic E-state index is 13.7. The van der Waals surface area contributed by atoms with Crippen LogP contribution in [0.2, 0.25) is 0 Å². The van der Waals surface area contributed by atoms with Crippen LogP contribution in [0.25, 0.3) is 0 Å². The molecule has 0 aliphatic heterocycles. The minimum absolute atomic E-state index is 0.0629. The molecule has 0 saturated carbocycles. The first-order chi connectivity index (χ1) is 9.88. The summed E-state index contributed by atoms with van der Waals surface area (Å²) in [5, 5.41) is 8.80. The molecular formula is C14H8BrF3O3. The van der Waals surface area contributed by atoms with Crippen LogP contribution in [-0.2, 0) is 6.61 Å². The zero-order chi connectivity index (χ0) is 15.6. The van der Waals surface area contributed by atoms with Crippen molar-refractivity contribution in [2.24, 2.45) is 0 Å². The van der Waals surface area contributed by atoms with Crippen molar-refractivity contribution < 1.29 is 27.8 Å². The monoisotopic (exact) mass is 360 g/mol. The molecule has 0 amide bonds. The van der Waals surface area contributed by atoms with Crippen molar-refractivity contribution in [1.82, 2.24) is 0 Å². The lowest BCUT2D eigenvalue weighted by Gasteiger charge is -2.10. The molecule has 0 aliphatic rings. The molecular weight excluding hydrogens is 353 g/mol. The number of carboxylic acid groups (broad SMARTS) is 1. The normalized spacial score (nSPS) is 10.5. The molecule has 3 nitrogen and oxygen atoms in total. The molecule has 0 unspecified atom stereocenters. The van der Waals surface area contributed by atoms with E-state index in [0.29, 0.717) is 0 Å². The van der Waals surface area contributed by atoms with E-state index in [1.807, 2.05) is 0 Å². The van der Waals surface area contributed by atoms with E-state index in [9.17, 15) is 18.0 Å². The van der Waals surface area contributed by atoms with Gasteiger partial charge in [-0.15, -0.1) is 0 Å². The number of carboxylic acids is 1. The number of ether oxygens (including phenoxy) is 1. The quantitative estimate of drug-likeness (QED) is 0.833. The molecule has 0 aromatic heterocycles. The van der Waals surface area contributed by atoms with Crippen LogP contribution in [0.5, 0.6) is 5.75 Å². The van der Waals surface area contributed by atoms with Crippen LogP contribution in [-0.4, -0.2) is 11.1 Å². The van der Waals surface area contributed by atoms with Gasteiger partial charge in [0.05, 0.1) is 15.6 Å². The van der Waals surface area contributed by atoms with Gasteiger partial charge in [0, 0.05) is 6.07 Å². The fourth-order valence-electron chi connectivity index (χ4n) is 1.63. The Hall–Kier alpha value is -2.02. The average molecular weight is 361 g/mol. The Morgan fingerprint density at radius 3 is 2.57 bits per heavy atom. The molecule has 0 fully saturated rings. The molecule has 0 spiro atoms. The molecule has 0 aliphatic carbocycles. The van der Waals surface area contributed by atoms with Gasteiger partial charge < -0.3 is 9.84 Å². The summed E-state index contributed by atoms with van der Waals surface area (Å²) < 4.78 is 45.6. The highest BCUT2D eigenvalue weighted by atomic mass is 79.9. The maximum Gasteiger partial charge on any atom is 0.335 e. The van der Waals surface area contributed by atoms with Crippen LogP contribution in [0.4, 0.5) is 13.2 Å². The van der Waals surface area contributed by atoms with Crippen molar-refractivity contribution in [2.45, 2.75) is 6.61 Å². The summed E-state index contributed by atoms with van der Waals surface area (Å²) in [6.07, 6.45) is 0. The summed E-state index contributed by atoms with van der Waals surface area (Å²) >= 11 is 2.91. The highest BCUT2D eigenvalue weighted by Crippen LogP contribution is 2.24. The zero-order valence-electron chi connectivity index (χ0n) is 10.4. The minimum atomic E-state index is -1.33. The van der Waals surface area contributed by atoms with Gasteiger partial charge in [0.2, 0.25) is 0 Å². The van der Waals surface area contributed by atoms with E-state index in [0.717, 1.165) is 24.3 Å². The Labute approximate surface area is 126 Å². The van der Waals surface area contributed by atoms with E-state index in [4.69, 9.17) is 9.84 Å². The number of aromatic carboxylic acids is 1. The SMILES string of the molecule is O=C(O)c1cc(F)cc(OCc2c(F)ccc(Br)c2F)c1. The first-order valence-electron chi connectivity index (χ1n) is 5.67. The van der Waals surface area contributed by atoms with Crippen molar-refractivity contribution in [3.05, 3.63) is 63.4 Å². The molecule has 0 radical (unpaired) electrons. The molecule has 110 valence electrons. The van der Waals surface area contributed by atoms with Gasteiger partial charge in [0.1, 0.15) is 29.8 Å². The Morgan fingerprint density at radius 2 is 1.90 bits per heavy atom. The summed E-state index contributed by atoms with van der Waals surface area (Å²) in [5.41, 5.74) is -0.661. The van der Waals surface area contributed by atoms with Crippen LogP contribution < -0.4 is 4.74 Å². The Morgan fingerprint density at radius 1 is 1.19 bits per heavy atom. The van der Waals surface area contributed by atoms with Crippen LogP contribution in [0.15, 0.2) is 34.8 Å². The van der Waals surface area contributed by atoms with Gasteiger partial charge in [0.25, 0.3) is 0 Å². The molecule has 2 rings (SSSR count). The summed E-state index contributed by atoms with van der Waals surface area (Å²) in [6, 6.07) is 5.08. The number of benzene rings is 2. The summed E-state index contributed by atoms with van der Waals surface area (Å²) in [7, 11) is 0. The second-order valence-corrected chi connectivity index (χ2v) is 4.95. The minimum Gasteiger partial charge on any atom is -0.489 e. The number of halogens is 4. The van der Waals surface area contributed by atoms with Crippen LogP contribution in [0.1, 0.15) is 15.9 Å². The second-order valence-electron chi connectivity index (χ2n) is 4.09. The molecule has 0 heterocycles. The standard InChI is InChI=1S/C14H8BrF3O3/c15-11-1-2-12(17)10(13(11)18)6-21-9-4-7(14(19)20)3-8(16)5-9/h1-5H,6H2,(H,19,20). The van der Waals surface area contributed by atoms with Crippen molar-refractivity contribution in [1.29, 1.82) is 0 Å². The zero-order valence-corrected chi connectivity index (χ0v) is 12.0. The lowest BCUT2D eigenvalue weighted by Crippen LogP contribution is -2.04. The van der Waals surface area contributed by atoms with Gasteiger partial charge in [0.15, 0.2) is 0 Å². The van der Waals surface area contributed by atoms with Gasteiger partial charge >= 0.3 is 5.97 Å². The molecule has 21 heavy (non-hydrogen) atoms. The molecule has 2 aromatic rings. The fourth-order valence-corrected chi connectivity index (χ4v) is 2.00. The van der Waals surface area contributed by atoms with Gasteiger partial charge in [-0.25, -0.2) is 18.0 Å². The fraction of sp³-hybridized carbons (Fsp3) is 0.0714. The number of hydrogen-bond donors (Lipinski definition) is 1. The van der Waals surface area contributed by atoms with E-state index in [1.165, 1.54) is 6.07 Å². The molecule has 0 saturated heterocycles. The third-order valence-corrected chi connectivity index (χ3v) is 3.25. The van der Waals surface area contributed by atoms with E-state index in [1.54, 1.807) is 0 Å². The lowest BCUT2D eigenvalue weighted by molar-refractivity contribution is 0.0695. The van der Waals surface area contributed by atoms with Crippen molar-refractivity contribution in [3.8, 4) is 5.75 Å². The van der Waals surface area contributed by atoms with Crippen molar-refractivity contribution in [2.75, 3.05) is 0 Å². The number of rotatable bonds is 4.